The van der Waals surface area contributed by atoms with E-state index in [0.717, 1.165) is 49.9 Å². The summed E-state index contributed by atoms with van der Waals surface area (Å²) in [6.45, 7) is 2.34. The van der Waals surface area contributed by atoms with Crippen LogP contribution in [0.1, 0.15) is 43.7 Å². The van der Waals surface area contributed by atoms with Gasteiger partial charge in [0.1, 0.15) is 0 Å². The molecule has 1 aliphatic carbocycles. The number of nitrogens with zero attached hydrogens (tertiary/aromatic N) is 2. The molecular formula is C16H18N2O2. The fourth-order valence-electron chi connectivity index (χ4n) is 3.51. The lowest BCUT2D eigenvalue weighted by atomic mass is 9.88. The van der Waals surface area contributed by atoms with Gasteiger partial charge >= 0.3 is 0 Å². The summed E-state index contributed by atoms with van der Waals surface area (Å²) in [6, 6.07) is 6.19. The zero-order valence-corrected chi connectivity index (χ0v) is 11.7. The molecule has 2 aliphatic rings. The Balaban J connectivity index is 2.06. The Kier molecular flexibility index (Phi) is 3.19. The number of anilines is 1. The molecule has 0 radical (unpaired) electrons. The minimum atomic E-state index is -0.415. The Morgan fingerprint density at radius 2 is 2.10 bits per heavy atom. The minimum Gasteiger partial charge on any atom is -0.312 e. The van der Waals surface area contributed by atoms with Crippen molar-refractivity contribution in [3.05, 3.63) is 29.3 Å². The van der Waals surface area contributed by atoms with Crippen LogP contribution in [0, 0.1) is 0 Å². The van der Waals surface area contributed by atoms with Crippen LogP contribution in [0.15, 0.2) is 23.2 Å². The summed E-state index contributed by atoms with van der Waals surface area (Å²) in [5.41, 5.74) is 2.82. The number of fused-ring (bicyclic) bond motifs is 1. The van der Waals surface area contributed by atoms with Crippen LogP contribution in [0.2, 0.25) is 0 Å². The van der Waals surface area contributed by atoms with E-state index in [4.69, 9.17) is 0 Å². The molecule has 1 fully saturated rings. The zero-order chi connectivity index (χ0) is 14.2. The fraction of sp³-hybridized carbons (Fsp3) is 0.500. The molecule has 0 N–H and O–H groups in total. The molecule has 1 aromatic rings. The molecule has 1 aliphatic heterocycles. The van der Waals surface area contributed by atoms with Crippen LogP contribution < -0.4 is 4.90 Å². The maximum Gasteiger partial charge on any atom is 0.235 e. The molecule has 1 amide bonds. The van der Waals surface area contributed by atoms with Gasteiger partial charge in [-0.25, -0.2) is 4.79 Å². The van der Waals surface area contributed by atoms with Gasteiger partial charge in [-0.1, -0.05) is 25.0 Å². The number of amides is 1. The molecule has 0 aromatic heterocycles. The van der Waals surface area contributed by atoms with Crippen molar-refractivity contribution in [1.82, 2.24) is 0 Å². The van der Waals surface area contributed by atoms with Crippen molar-refractivity contribution in [2.45, 2.75) is 44.6 Å². The van der Waals surface area contributed by atoms with Gasteiger partial charge in [-0.3, -0.25) is 4.79 Å². The van der Waals surface area contributed by atoms with Gasteiger partial charge in [0.2, 0.25) is 12.0 Å². The number of hydrogen-bond donors (Lipinski definition) is 0. The molecule has 104 valence electrons. The standard InChI is InChI=1S/C16H18N2O2/c1-12(20)18-9-6-13-4-5-14(10-15(13)18)16(17-11-19)7-2-3-8-16/h4-5,10H,2-3,6-9H2,1H3. The first-order chi connectivity index (χ1) is 9.66. The highest BCUT2D eigenvalue weighted by molar-refractivity contribution is 5.93. The second-order valence-corrected chi connectivity index (χ2v) is 5.71. The van der Waals surface area contributed by atoms with Crippen molar-refractivity contribution in [2.75, 3.05) is 11.4 Å². The van der Waals surface area contributed by atoms with Gasteiger partial charge in [0, 0.05) is 19.2 Å². The second kappa shape index (κ2) is 4.88. The van der Waals surface area contributed by atoms with Crippen LogP contribution in [-0.4, -0.2) is 18.5 Å². The molecule has 0 spiro atoms. The molecule has 20 heavy (non-hydrogen) atoms. The van der Waals surface area contributed by atoms with Crippen LogP contribution >= 0.6 is 0 Å². The van der Waals surface area contributed by atoms with Crippen LogP contribution in [0.5, 0.6) is 0 Å². The lowest BCUT2D eigenvalue weighted by molar-refractivity contribution is -0.116. The SMILES string of the molecule is CC(=O)N1CCc2ccc(C3(N=C=O)CCCC3)cc21. The summed E-state index contributed by atoms with van der Waals surface area (Å²) >= 11 is 0. The molecule has 3 rings (SSSR count). The Bertz CT molecular complexity index is 596. The first kappa shape index (κ1) is 13.1. The Hall–Kier alpha value is -1.93. The fourth-order valence-corrected chi connectivity index (χ4v) is 3.51. The van der Waals surface area contributed by atoms with Gasteiger partial charge in [-0.15, -0.1) is 0 Å². The number of hydrogen-bond acceptors (Lipinski definition) is 3. The predicted octanol–water partition coefficient (Wildman–Crippen LogP) is 2.70. The van der Waals surface area contributed by atoms with Crippen molar-refractivity contribution in [3.63, 3.8) is 0 Å². The number of rotatable bonds is 2. The van der Waals surface area contributed by atoms with E-state index in [1.165, 1.54) is 5.56 Å². The molecule has 4 nitrogen and oxygen atoms in total. The number of benzene rings is 1. The van der Waals surface area contributed by atoms with Crippen molar-refractivity contribution in [3.8, 4) is 0 Å². The smallest absolute Gasteiger partial charge is 0.235 e. The molecule has 0 unspecified atom stereocenters. The summed E-state index contributed by atoms with van der Waals surface area (Å²) in [4.78, 5) is 28.4. The molecule has 1 heterocycles. The Morgan fingerprint density at radius 3 is 2.75 bits per heavy atom. The molecule has 4 heteroatoms. The van der Waals surface area contributed by atoms with Crippen LogP contribution in [0.4, 0.5) is 5.69 Å². The van der Waals surface area contributed by atoms with Crippen molar-refractivity contribution in [1.29, 1.82) is 0 Å². The van der Waals surface area contributed by atoms with E-state index in [1.54, 1.807) is 13.0 Å². The van der Waals surface area contributed by atoms with Gasteiger partial charge in [0.25, 0.3) is 0 Å². The molecule has 0 atom stereocenters. The first-order valence-corrected chi connectivity index (χ1v) is 7.17. The van der Waals surface area contributed by atoms with Crippen molar-refractivity contribution < 1.29 is 9.59 Å². The van der Waals surface area contributed by atoms with Gasteiger partial charge in [-0.05, 0) is 36.5 Å². The summed E-state index contributed by atoms with van der Waals surface area (Å²) in [5.74, 6) is 0.0697. The Morgan fingerprint density at radius 1 is 1.35 bits per heavy atom. The van der Waals surface area contributed by atoms with E-state index in [0.29, 0.717) is 0 Å². The molecule has 1 aromatic carbocycles. The summed E-state index contributed by atoms with van der Waals surface area (Å²) < 4.78 is 0. The quantitative estimate of drug-likeness (QED) is 0.613. The minimum absolute atomic E-state index is 0.0697. The van der Waals surface area contributed by atoms with Gasteiger partial charge in [0.05, 0.1) is 5.54 Å². The van der Waals surface area contributed by atoms with Crippen molar-refractivity contribution >= 4 is 17.7 Å². The average molecular weight is 270 g/mol. The third-order valence-corrected chi connectivity index (χ3v) is 4.59. The van der Waals surface area contributed by atoms with E-state index >= 15 is 0 Å². The van der Waals surface area contributed by atoms with Gasteiger partial charge < -0.3 is 4.90 Å². The van der Waals surface area contributed by atoms with E-state index in [9.17, 15) is 9.59 Å². The number of carbonyl (C=O) groups is 1. The largest absolute Gasteiger partial charge is 0.312 e. The lowest BCUT2D eigenvalue weighted by Crippen LogP contribution is -2.26. The topological polar surface area (TPSA) is 49.7 Å². The second-order valence-electron chi connectivity index (χ2n) is 5.71. The molecule has 1 saturated carbocycles. The predicted molar refractivity (Wildman–Crippen MR) is 76.4 cm³/mol. The third-order valence-electron chi connectivity index (χ3n) is 4.59. The maximum absolute atomic E-state index is 11.7. The van der Waals surface area contributed by atoms with E-state index < -0.39 is 5.54 Å². The molecular weight excluding hydrogens is 252 g/mol. The van der Waals surface area contributed by atoms with Crippen molar-refractivity contribution in [2.24, 2.45) is 4.99 Å². The highest BCUT2D eigenvalue weighted by Crippen LogP contribution is 2.44. The van der Waals surface area contributed by atoms with Gasteiger partial charge in [-0.2, -0.15) is 4.99 Å². The maximum atomic E-state index is 11.7. The number of carbonyl (C=O) groups excluding carboxylic acids is 2. The van der Waals surface area contributed by atoms with Crippen LogP contribution in [-0.2, 0) is 21.5 Å². The van der Waals surface area contributed by atoms with E-state index in [1.807, 2.05) is 4.90 Å². The average Bonchev–Trinajstić information content (AvgIpc) is 3.05. The van der Waals surface area contributed by atoms with E-state index in [-0.39, 0.29) is 5.91 Å². The van der Waals surface area contributed by atoms with Crippen LogP contribution in [0.3, 0.4) is 0 Å². The Labute approximate surface area is 118 Å². The summed E-state index contributed by atoms with van der Waals surface area (Å²) in [7, 11) is 0. The van der Waals surface area contributed by atoms with Gasteiger partial charge in [0.15, 0.2) is 0 Å². The number of aliphatic imine (C=N–C) groups is 1. The number of isocyanates is 1. The monoisotopic (exact) mass is 270 g/mol. The van der Waals surface area contributed by atoms with E-state index in [2.05, 4.69) is 23.2 Å². The lowest BCUT2D eigenvalue weighted by Gasteiger charge is -2.24. The van der Waals surface area contributed by atoms with Crippen LogP contribution in [0.25, 0.3) is 0 Å². The zero-order valence-electron chi connectivity index (χ0n) is 11.7. The first-order valence-electron chi connectivity index (χ1n) is 7.17. The summed E-state index contributed by atoms with van der Waals surface area (Å²) in [5, 5.41) is 0. The highest BCUT2D eigenvalue weighted by atomic mass is 16.2. The molecule has 0 saturated heterocycles. The molecule has 0 bridgehead atoms. The third kappa shape index (κ3) is 1.97. The summed E-state index contributed by atoms with van der Waals surface area (Å²) in [6.07, 6.45) is 6.59. The highest BCUT2D eigenvalue weighted by Gasteiger charge is 2.37. The normalized spacial score (nSPS) is 19.6.